The number of β-amino-alcohol motifs (C(OH)–C–C–N with tert-alkyl or cyclic N) is 1. The second-order valence-corrected chi connectivity index (χ2v) is 6.73. The summed E-state index contributed by atoms with van der Waals surface area (Å²) in [5, 5.41) is 13.1. The number of urea groups is 1. The van der Waals surface area contributed by atoms with E-state index in [4.69, 9.17) is 0 Å². The normalized spacial score (nSPS) is 22.2. The van der Waals surface area contributed by atoms with Crippen LogP contribution in [0.15, 0.2) is 24.3 Å². The number of nitrogens with one attached hydrogen (secondary N) is 1. The first-order chi connectivity index (χ1) is 11.5. The topological polar surface area (TPSA) is 69.6 Å². The van der Waals surface area contributed by atoms with E-state index in [2.05, 4.69) is 5.32 Å². The average molecular weight is 334 g/mol. The number of hydrogen-bond acceptors (Lipinski definition) is 3. The number of rotatable bonds is 3. The van der Waals surface area contributed by atoms with E-state index >= 15 is 0 Å². The van der Waals surface area contributed by atoms with Gasteiger partial charge in [0.2, 0.25) is 0 Å². The Morgan fingerprint density at radius 3 is 2.42 bits per heavy atom. The molecule has 1 aromatic rings. The number of halogens is 1. The molecular weight excluding hydrogens is 311 g/mol. The molecule has 1 aliphatic carbocycles. The lowest BCUT2D eigenvalue weighted by atomic mass is 9.84. The molecule has 1 atom stereocenters. The molecule has 5 nitrogen and oxygen atoms in total. The van der Waals surface area contributed by atoms with E-state index in [0.29, 0.717) is 12.8 Å². The maximum Gasteiger partial charge on any atom is 0.325 e. The van der Waals surface area contributed by atoms with Gasteiger partial charge in [0.15, 0.2) is 0 Å². The van der Waals surface area contributed by atoms with Gasteiger partial charge in [-0.15, -0.1) is 0 Å². The minimum absolute atomic E-state index is 0.0942. The van der Waals surface area contributed by atoms with Crippen LogP contribution in [0.3, 0.4) is 0 Å². The summed E-state index contributed by atoms with van der Waals surface area (Å²) in [6.07, 6.45) is 5.10. The van der Waals surface area contributed by atoms with E-state index in [0.717, 1.165) is 37.0 Å². The number of nitrogens with zero attached hydrogens (tertiary/aromatic N) is 1. The summed E-state index contributed by atoms with van der Waals surface area (Å²) in [6, 6.07) is 5.37. The van der Waals surface area contributed by atoms with Crippen LogP contribution in [0.1, 0.15) is 56.6 Å². The molecule has 0 aromatic heterocycles. The lowest BCUT2D eigenvalue weighted by Gasteiger charge is -2.28. The van der Waals surface area contributed by atoms with Crippen molar-refractivity contribution in [1.82, 2.24) is 10.2 Å². The minimum Gasteiger partial charge on any atom is -0.386 e. The summed E-state index contributed by atoms with van der Waals surface area (Å²) in [6.45, 7) is -0.229. The molecule has 1 saturated carbocycles. The highest BCUT2D eigenvalue weighted by molar-refractivity contribution is 6.07. The van der Waals surface area contributed by atoms with Gasteiger partial charge in [-0.25, -0.2) is 9.18 Å². The first-order valence-electron chi connectivity index (χ1n) is 8.60. The van der Waals surface area contributed by atoms with Crippen LogP contribution in [-0.4, -0.2) is 34.0 Å². The molecule has 1 unspecified atom stereocenters. The first kappa shape index (κ1) is 16.9. The minimum atomic E-state index is -1.23. The van der Waals surface area contributed by atoms with Crippen LogP contribution in [0, 0.1) is 5.82 Å². The fourth-order valence-electron chi connectivity index (χ4n) is 3.71. The molecular formula is C18H23FN2O3. The van der Waals surface area contributed by atoms with Crippen LogP contribution in [-0.2, 0) is 4.79 Å². The zero-order chi connectivity index (χ0) is 17.2. The Morgan fingerprint density at radius 1 is 1.12 bits per heavy atom. The largest absolute Gasteiger partial charge is 0.386 e. The van der Waals surface area contributed by atoms with Gasteiger partial charge in [-0.1, -0.05) is 50.3 Å². The van der Waals surface area contributed by atoms with Gasteiger partial charge < -0.3 is 10.4 Å². The van der Waals surface area contributed by atoms with Crippen molar-refractivity contribution in [2.45, 2.75) is 56.6 Å². The quantitative estimate of drug-likeness (QED) is 0.835. The molecule has 0 radical (unpaired) electrons. The van der Waals surface area contributed by atoms with E-state index in [1.54, 1.807) is 6.07 Å². The Kier molecular flexibility index (Phi) is 4.85. The van der Waals surface area contributed by atoms with Crippen molar-refractivity contribution in [1.29, 1.82) is 0 Å². The van der Waals surface area contributed by atoms with Crippen molar-refractivity contribution in [3.63, 3.8) is 0 Å². The van der Waals surface area contributed by atoms with Gasteiger partial charge in [-0.3, -0.25) is 9.69 Å². The Labute approximate surface area is 140 Å². The number of imide groups is 1. The molecule has 3 rings (SSSR count). The summed E-state index contributed by atoms with van der Waals surface area (Å²) in [5.74, 6) is -0.831. The number of aliphatic hydroxyl groups is 1. The summed E-state index contributed by atoms with van der Waals surface area (Å²) in [7, 11) is 0. The lowest BCUT2D eigenvalue weighted by molar-refractivity contribution is -0.133. The molecule has 2 N–H and O–H groups in total. The summed E-state index contributed by atoms with van der Waals surface area (Å²) >= 11 is 0. The average Bonchev–Trinajstić information content (AvgIpc) is 2.76. The van der Waals surface area contributed by atoms with Crippen LogP contribution in [0.5, 0.6) is 0 Å². The van der Waals surface area contributed by atoms with Crippen LogP contribution in [0.25, 0.3) is 0 Å². The molecule has 1 aromatic carbocycles. The van der Waals surface area contributed by atoms with E-state index in [-0.39, 0.29) is 18.0 Å². The molecule has 2 fully saturated rings. The first-order valence-corrected chi connectivity index (χ1v) is 8.60. The second-order valence-electron chi connectivity index (χ2n) is 6.73. The standard InChI is InChI=1S/C18H23FN2O3/c19-14-9-5-4-8-13(14)15(22)12-21-16(23)18(20-17(21)24)10-6-2-1-3-7-11-18/h4-5,8-9,15,22H,1-3,6-7,10-12H2,(H,20,24). The molecule has 2 aliphatic rings. The highest BCUT2D eigenvalue weighted by Crippen LogP contribution is 2.33. The van der Waals surface area contributed by atoms with Crippen molar-refractivity contribution in [2.24, 2.45) is 0 Å². The van der Waals surface area contributed by atoms with Gasteiger partial charge in [-0.2, -0.15) is 0 Å². The van der Waals surface area contributed by atoms with Gasteiger partial charge in [0, 0.05) is 5.56 Å². The smallest absolute Gasteiger partial charge is 0.325 e. The fraction of sp³-hybridized carbons (Fsp3) is 0.556. The molecule has 1 spiro atoms. The van der Waals surface area contributed by atoms with Gasteiger partial charge in [0.25, 0.3) is 5.91 Å². The zero-order valence-corrected chi connectivity index (χ0v) is 13.6. The van der Waals surface area contributed by atoms with Gasteiger partial charge >= 0.3 is 6.03 Å². The lowest BCUT2D eigenvalue weighted by Crippen LogP contribution is -2.47. The zero-order valence-electron chi connectivity index (χ0n) is 13.6. The van der Waals surface area contributed by atoms with Crippen molar-refractivity contribution in [3.05, 3.63) is 35.6 Å². The van der Waals surface area contributed by atoms with E-state index < -0.39 is 23.5 Å². The van der Waals surface area contributed by atoms with Gasteiger partial charge in [-0.05, 0) is 18.9 Å². The number of carbonyl (C=O) groups is 2. The summed E-state index contributed by atoms with van der Waals surface area (Å²) < 4.78 is 13.8. The number of aliphatic hydroxyl groups excluding tert-OH is 1. The van der Waals surface area contributed by atoms with Crippen molar-refractivity contribution in [2.75, 3.05) is 6.54 Å². The third-order valence-electron chi connectivity index (χ3n) is 5.07. The third-order valence-corrected chi connectivity index (χ3v) is 5.07. The summed E-state index contributed by atoms with van der Waals surface area (Å²) in [4.78, 5) is 26.2. The van der Waals surface area contributed by atoms with E-state index in [9.17, 15) is 19.1 Å². The predicted octanol–water partition coefficient (Wildman–Crippen LogP) is 2.89. The number of amides is 3. The third kappa shape index (κ3) is 3.15. The predicted molar refractivity (Wildman–Crippen MR) is 86.7 cm³/mol. The Balaban J connectivity index is 1.75. The molecule has 1 saturated heterocycles. The maximum absolute atomic E-state index is 13.8. The van der Waals surface area contributed by atoms with Crippen LogP contribution < -0.4 is 5.32 Å². The van der Waals surface area contributed by atoms with E-state index in [1.807, 2.05) is 0 Å². The number of hydrogen-bond donors (Lipinski definition) is 2. The number of carbonyl (C=O) groups excluding carboxylic acids is 2. The second kappa shape index (κ2) is 6.89. The Hall–Kier alpha value is -1.95. The van der Waals surface area contributed by atoms with Gasteiger partial charge in [0.05, 0.1) is 12.6 Å². The SMILES string of the molecule is O=C1NC2(CCCCCCC2)C(=O)N1CC(O)c1ccccc1F. The van der Waals surface area contributed by atoms with Gasteiger partial charge in [0.1, 0.15) is 11.4 Å². The van der Waals surface area contributed by atoms with E-state index in [1.165, 1.54) is 18.2 Å². The van der Waals surface area contributed by atoms with Crippen molar-refractivity contribution in [3.8, 4) is 0 Å². The number of benzene rings is 1. The molecule has 1 heterocycles. The van der Waals surface area contributed by atoms with Crippen LogP contribution in [0.2, 0.25) is 0 Å². The van der Waals surface area contributed by atoms with Crippen molar-refractivity contribution >= 4 is 11.9 Å². The van der Waals surface area contributed by atoms with Crippen molar-refractivity contribution < 1.29 is 19.1 Å². The Morgan fingerprint density at radius 2 is 1.75 bits per heavy atom. The fourth-order valence-corrected chi connectivity index (χ4v) is 3.71. The monoisotopic (exact) mass is 334 g/mol. The van der Waals surface area contributed by atoms with Crippen LogP contribution in [0.4, 0.5) is 9.18 Å². The highest BCUT2D eigenvalue weighted by Gasteiger charge is 2.50. The Bertz CT molecular complexity index is 626. The highest BCUT2D eigenvalue weighted by atomic mass is 19.1. The molecule has 0 bridgehead atoms. The molecule has 1 aliphatic heterocycles. The molecule has 130 valence electrons. The van der Waals surface area contributed by atoms with Crippen LogP contribution >= 0.6 is 0 Å². The summed E-state index contributed by atoms with van der Waals surface area (Å²) in [5.41, 5.74) is -0.747. The molecule has 24 heavy (non-hydrogen) atoms. The maximum atomic E-state index is 13.8. The molecule has 3 amide bonds. The molecule has 6 heteroatoms.